The van der Waals surface area contributed by atoms with Gasteiger partial charge in [-0.15, -0.1) is 11.8 Å². The molecule has 1 N–H and O–H groups in total. The fourth-order valence-corrected chi connectivity index (χ4v) is 5.42. The first-order valence-corrected chi connectivity index (χ1v) is 11.8. The molecule has 164 valence electrons. The third-order valence-electron chi connectivity index (χ3n) is 5.82. The van der Waals surface area contributed by atoms with E-state index in [1.165, 1.54) is 23.9 Å². The smallest absolute Gasteiger partial charge is 0.246 e. The lowest BCUT2D eigenvalue weighted by molar-refractivity contribution is -0.136. The van der Waals surface area contributed by atoms with Gasteiger partial charge in [0.15, 0.2) is 0 Å². The Bertz CT molecular complexity index is 919. The van der Waals surface area contributed by atoms with Crippen LogP contribution in [0.2, 0.25) is 0 Å². The number of benzene rings is 2. The zero-order chi connectivity index (χ0) is 21.8. The van der Waals surface area contributed by atoms with Gasteiger partial charge >= 0.3 is 0 Å². The molecule has 2 saturated heterocycles. The number of nitrogens with one attached hydrogen (secondary N) is 1. The molecule has 3 unspecified atom stereocenters. The monoisotopic (exact) mass is 442 g/mol. The van der Waals surface area contributed by atoms with Crippen LogP contribution in [0.25, 0.3) is 0 Å². The van der Waals surface area contributed by atoms with Crippen LogP contribution in [-0.2, 0) is 16.0 Å². The average molecular weight is 443 g/mol. The van der Waals surface area contributed by atoms with Crippen molar-refractivity contribution in [3.63, 3.8) is 0 Å². The normalized spacial score (nSPS) is 23.5. The second-order valence-electron chi connectivity index (χ2n) is 7.91. The summed E-state index contributed by atoms with van der Waals surface area (Å²) in [6, 6.07) is 13.7. The topological polar surface area (TPSA) is 58.6 Å². The third-order valence-corrected chi connectivity index (χ3v) is 7.13. The van der Waals surface area contributed by atoms with Crippen molar-refractivity contribution in [1.29, 1.82) is 0 Å². The maximum Gasteiger partial charge on any atom is 0.246 e. The van der Waals surface area contributed by atoms with E-state index in [2.05, 4.69) is 5.32 Å². The molecule has 0 aliphatic carbocycles. The molecule has 2 aromatic rings. The molecule has 0 saturated carbocycles. The van der Waals surface area contributed by atoms with Crippen molar-refractivity contribution in [1.82, 2.24) is 10.2 Å². The van der Waals surface area contributed by atoms with Crippen LogP contribution in [0, 0.1) is 5.82 Å². The Labute approximate surface area is 186 Å². The minimum atomic E-state index is -0.509. The Morgan fingerprint density at radius 2 is 1.94 bits per heavy atom. The van der Waals surface area contributed by atoms with E-state index >= 15 is 0 Å². The molecule has 2 heterocycles. The molecule has 4 rings (SSSR count). The summed E-state index contributed by atoms with van der Waals surface area (Å²) in [5, 5.41) is 2.66. The zero-order valence-electron chi connectivity index (χ0n) is 17.6. The van der Waals surface area contributed by atoms with Crippen LogP contribution in [0.1, 0.15) is 36.9 Å². The van der Waals surface area contributed by atoms with Crippen molar-refractivity contribution in [3.05, 3.63) is 65.5 Å². The minimum absolute atomic E-state index is 0.0162. The first-order valence-electron chi connectivity index (χ1n) is 10.7. The van der Waals surface area contributed by atoms with Gasteiger partial charge in [-0.2, -0.15) is 0 Å². The van der Waals surface area contributed by atoms with E-state index < -0.39 is 6.04 Å². The molecular formula is C24H27FN2O3S. The van der Waals surface area contributed by atoms with Crippen LogP contribution < -0.4 is 10.1 Å². The number of carbonyl (C=O) groups is 2. The highest BCUT2D eigenvalue weighted by Crippen LogP contribution is 2.34. The number of amides is 2. The Kier molecular flexibility index (Phi) is 6.80. The van der Waals surface area contributed by atoms with E-state index in [0.717, 1.165) is 29.7 Å². The van der Waals surface area contributed by atoms with Gasteiger partial charge in [-0.25, -0.2) is 4.39 Å². The van der Waals surface area contributed by atoms with Gasteiger partial charge < -0.3 is 15.0 Å². The zero-order valence-corrected chi connectivity index (χ0v) is 18.4. The van der Waals surface area contributed by atoms with Crippen LogP contribution in [0.15, 0.2) is 48.5 Å². The van der Waals surface area contributed by atoms with Gasteiger partial charge in [0, 0.05) is 12.3 Å². The Hall–Kier alpha value is -2.54. The van der Waals surface area contributed by atoms with Crippen LogP contribution in [0.3, 0.4) is 0 Å². The molecule has 2 aromatic carbocycles. The molecule has 2 aliphatic heterocycles. The lowest BCUT2D eigenvalue weighted by atomic mass is 10.0. The van der Waals surface area contributed by atoms with E-state index in [9.17, 15) is 14.0 Å². The lowest BCUT2D eigenvalue weighted by Gasteiger charge is -2.33. The van der Waals surface area contributed by atoms with E-state index in [1.807, 2.05) is 36.1 Å². The van der Waals surface area contributed by atoms with Crippen LogP contribution in [0.5, 0.6) is 5.75 Å². The summed E-state index contributed by atoms with van der Waals surface area (Å²) in [6.45, 7) is 3.27. The molecule has 3 atom stereocenters. The molecule has 0 bridgehead atoms. The van der Waals surface area contributed by atoms with Gasteiger partial charge in [-0.3, -0.25) is 9.59 Å². The van der Waals surface area contributed by atoms with Crippen molar-refractivity contribution in [2.45, 2.75) is 43.5 Å². The van der Waals surface area contributed by atoms with Gasteiger partial charge in [0.05, 0.1) is 17.9 Å². The summed E-state index contributed by atoms with van der Waals surface area (Å²) in [5.41, 5.74) is 2.01. The predicted molar refractivity (Wildman–Crippen MR) is 120 cm³/mol. The molecule has 0 radical (unpaired) electrons. The average Bonchev–Trinajstić information content (AvgIpc) is 3.27. The highest BCUT2D eigenvalue weighted by Gasteiger charge is 2.38. The third kappa shape index (κ3) is 5.03. The minimum Gasteiger partial charge on any atom is -0.494 e. The number of rotatable bonds is 6. The van der Waals surface area contributed by atoms with E-state index in [4.69, 9.17) is 4.74 Å². The predicted octanol–water partition coefficient (Wildman–Crippen LogP) is 3.73. The summed E-state index contributed by atoms with van der Waals surface area (Å²) in [5.74, 6) is 0.935. The molecule has 7 heteroatoms. The van der Waals surface area contributed by atoms with Gasteiger partial charge in [-0.05, 0) is 61.6 Å². The SMILES string of the molecule is CCOc1ccc(C2CCCN2C(=O)C2CSC(Cc3ccc(F)cc3)C(=O)N2)cc1. The number of hydrogen-bond donors (Lipinski definition) is 1. The van der Waals surface area contributed by atoms with Crippen molar-refractivity contribution in [2.24, 2.45) is 0 Å². The summed E-state index contributed by atoms with van der Waals surface area (Å²) in [6.07, 6.45) is 2.39. The molecular weight excluding hydrogens is 415 g/mol. The number of nitrogens with zero attached hydrogens (tertiary/aromatic N) is 1. The second kappa shape index (κ2) is 9.73. The van der Waals surface area contributed by atoms with Crippen molar-refractivity contribution < 1.29 is 18.7 Å². The van der Waals surface area contributed by atoms with Gasteiger partial charge in [0.1, 0.15) is 17.6 Å². The summed E-state index contributed by atoms with van der Waals surface area (Å²) < 4.78 is 18.6. The largest absolute Gasteiger partial charge is 0.494 e. The van der Waals surface area contributed by atoms with E-state index in [0.29, 0.717) is 25.3 Å². The summed E-state index contributed by atoms with van der Waals surface area (Å²) >= 11 is 1.50. The molecule has 2 fully saturated rings. The Balaban J connectivity index is 1.37. The molecule has 31 heavy (non-hydrogen) atoms. The second-order valence-corrected chi connectivity index (χ2v) is 9.14. The van der Waals surface area contributed by atoms with E-state index in [-0.39, 0.29) is 28.9 Å². The summed E-state index contributed by atoms with van der Waals surface area (Å²) in [7, 11) is 0. The molecule has 0 spiro atoms. The maximum absolute atomic E-state index is 13.2. The first-order chi connectivity index (χ1) is 15.0. The van der Waals surface area contributed by atoms with E-state index in [1.54, 1.807) is 12.1 Å². The quantitative estimate of drug-likeness (QED) is 0.741. The highest BCUT2D eigenvalue weighted by atomic mass is 32.2. The first kappa shape index (κ1) is 21.7. The Morgan fingerprint density at radius 3 is 2.61 bits per heavy atom. The fourth-order valence-electron chi connectivity index (χ4n) is 4.24. The molecule has 2 aliphatic rings. The van der Waals surface area contributed by atoms with Gasteiger partial charge in [-0.1, -0.05) is 24.3 Å². The molecule has 2 amide bonds. The fraction of sp³-hybridized carbons (Fsp3) is 0.417. The number of ether oxygens (including phenoxy) is 1. The summed E-state index contributed by atoms with van der Waals surface area (Å²) in [4.78, 5) is 27.8. The number of carbonyl (C=O) groups excluding carboxylic acids is 2. The van der Waals surface area contributed by atoms with Crippen LogP contribution >= 0.6 is 11.8 Å². The van der Waals surface area contributed by atoms with Crippen molar-refractivity contribution in [3.8, 4) is 5.75 Å². The van der Waals surface area contributed by atoms with Gasteiger partial charge in [0.2, 0.25) is 11.8 Å². The molecule has 5 nitrogen and oxygen atoms in total. The number of likely N-dealkylation sites (tertiary alicyclic amines) is 1. The molecule has 0 aromatic heterocycles. The lowest BCUT2D eigenvalue weighted by Crippen LogP contribution is -2.55. The van der Waals surface area contributed by atoms with Gasteiger partial charge in [0.25, 0.3) is 0 Å². The highest BCUT2D eigenvalue weighted by molar-refractivity contribution is 8.00. The van der Waals surface area contributed by atoms with Crippen molar-refractivity contribution in [2.75, 3.05) is 18.9 Å². The Morgan fingerprint density at radius 1 is 1.19 bits per heavy atom. The number of hydrogen-bond acceptors (Lipinski definition) is 4. The maximum atomic E-state index is 13.2. The number of thioether (sulfide) groups is 1. The standard InChI is InChI=1S/C24H27FN2O3S/c1-2-30-19-11-7-17(8-12-19)21-4-3-13-27(21)24(29)20-15-31-22(23(28)26-20)14-16-5-9-18(25)10-6-16/h5-12,20-22H,2-4,13-15H2,1H3,(H,26,28). The number of halogens is 1. The van der Waals surface area contributed by atoms with Crippen molar-refractivity contribution >= 4 is 23.6 Å². The van der Waals surface area contributed by atoms with Crippen LogP contribution in [0.4, 0.5) is 4.39 Å². The van der Waals surface area contributed by atoms with Crippen LogP contribution in [-0.4, -0.2) is 46.9 Å².